The number of carbonyl (C=O) groups excluding carboxylic acids is 1. The van der Waals surface area contributed by atoms with Crippen molar-refractivity contribution >= 4 is 11.6 Å². The smallest absolute Gasteiger partial charge is 0.252 e. The van der Waals surface area contributed by atoms with Crippen LogP contribution in [0.4, 0.5) is 5.69 Å². The molecule has 2 aromatic rings. The van der Waals surface area contributed by atoms with E-state index in [0.29, 0.717) is 16.8 Å². The number of hydrogen-bond donors (Lipinski definition) is 1. The molecule has 0 bridgehead atoms. The molecule has 1 N–H and O–H groups in total. The number of pyridine rings is 1. The molecule has 1 aromatic carbocycles. The first kappa shape index (κ1) is 15.3. The normalized spacial score (nSPS) is 14.5. The van der Waals surface area contributed by atoms with Gasteiger partial charge in [0.1, 0.15) is 0 Å². The Labute approximate surface area is 134 Å². The molecule has 6 heteroatoms. The second-order valence-corrected chi connectivity index (χ2v) is 5.40. The Hall–Kier alpha value is -2.60. The van der Waals surface area contributed by atoms with Crippen molar-refractivity contribution in [3.8, 4) is 0 Å². The number of aromatic nitrogens is 1. The van der Waals surface area contributed by atoms with Gasteiger partial charge in [-0.3, -0.25) is 4.79 Å². The van der Waals surface area contributed by atoms with Gasteiger partial charge in [0.15, 0.2) is 12.4 Å². The van der Waals surface area contributed by atoms with Gasteiger partial charge in [-0.25, -0.2) is 0 Å². The van der Waals surface area contributed by atoms with Gasteiger partial charge in [-0.15, -0.1) is 0 Å². The minimum Gasteiger partial charge on any atom is -0.619 e. The van der Waals surface area contributed by atoms with E-state index in [4.69, 9.17) is 4.74 Å². The van der Waals surface area contributed by atoms with Gasteiger partial charge in [0.05, 0.1) is 18.8 Å². The molecule has 1 aromatic heterocycles. The van der Waals surface area contributed by atoms with Crippen LogP contribution < -0.4 is 14.9 Å². The second kappa shape index (κ2) is 7.11. The molecule has 1 aliphatic rings. The van der Waals surface area contributed by atoms with Crippen molar-refractivity contribution in [3.05, 3.63) is 65.1 Å². The van der Waals surface area contributed by atoms with E-state index >= 15 is 0 Å². The summed E-state index contributed by atoms with van der Waals surface area (Å²) >= 11 is 0. The van der Waals surface area contributed by atoms with E-state index in [1.807, 2.05) is 12.1 Å². The molecule has 2 heterocycles. The fourth-order valence-corrected chi connectivity index (χ4v) is 2.49. The summed E-state index contributed by atoms with van der Waals surface area (Å²) in [5, 5.41) is 13.8. The molecule has 1 fully saturated rings. The maximum absolute atomic E-state index is 12.0. The predicted octanol–water partition coefficient (Wildman–Crippen LogP) is 1.09. The van der Waals surface area contributed by atoms with Crippen LogP contribution in [0.3, 0.4) is 0 Å². The fourth-order valence-electron chi connectivity index (χ4n) is 2.49. The first-order chi connectivity index (χ1) is 11.2. The Balaban J connectivity index is 1.55. The lowest BCUT2D eigenvalue weighted by atomic mass is 10.1. The van der Waals surface area contributed by atoms with Gasteiger partial charge in [0, 0.05) is 37.5 Å². The molecular weight excluding hydrogens is 294 g/mol. The molecule has 0 spiro atoms. The standard InChI is InChI=1S/C17H19N3O3/c21-17(15-5-7-20(22)8-6-15)18-13-14-1-3-16(4-2-14)19-9-11-23-12-10-19/h1-8H,9-13H2,(H,18,21). The zero-order chi connectivity index (χ0) is 16.1. The second-order valence-electron chi connectivity index (χ2n) is 5.40. The minimum atomic E-state index is -0.192. The largest absolute Gasteiger partial charge is 0.619 e. The van der Waals surface area contributed by atoms with Crippen LogP contribution >= 0.6 is 0 Å². The summed E-state index contributed by atoms with van der Waals surface area (Å²) in [6, 6.07) is 11.2. The summed E-state index contributed by atoms with van der Waals surface area (Å²) < 4.78 is 6.00. The van der Waals surface area contributed by atoms with Crippen LogP contribution in [-0.2, 0) is 11.3 Å². The summed E-state index contributed by atoms with van der Waals surface area (Å²) in [7, 11) is 0. The third kappa shape index (κ3) is 3.98. The van der Waals surface area contributed by atoms with Crippen molar-refractivity contribution in [2.24, 2.45) is 0 Å². The predicted molar refractivity (Wildman–Crippen MR) is 86.0 cm³/mol. The summed E-state index contributed by atoms with van der Waals surface area (Å²) in [6.45, 7) is 3.79. The van der Waals surface area contributed by atoms with Crippen molar-refractivity contribution in [1.29, 1.82) is 0 Å². The van der Waals surface area contributed by atoms with Crippen LogP contribution in [0.2, 0.25) is 0 Å². The quantitative estimate of drug-likeness (QED) is 0.677. The summed E-state index contributed by atoms with van der Waals surface area (Å²) in [4.78, 5) is 14.3. The molecular formula is C17H19N3O3. The Morgan fingerprint density at radius 3 is 2.43 bits per heavy atom. The third-order valence-corrected chi connectivity index (χ3v) is 3.83. The first-order valence-electron chi connectivity index (χ1n) is 7.61. The van der Waals surface area contributed by atoms with E-state index in [1.54, 1.807) is 0 Å². The molecule has 1 saturated heterocycles. The van der Waals surface area contributed by atoms with Crippen LogP contribution in [0.5, 0.6) is 0 Å². The van der Waals surface area contributed by atoms with Gasteiger partial charge in [-0.05, 0) is 17.7 Å². The number of amides is 1. The maximum Gasteiger partial charge on any atom is 0.252 e. The van der Waals surface area contributed by atoms with Crippen LogP contribution in [-0.4, -0.2) is 32.2 Å². The topological polar surface area (TPSA) is 68.5 Å². The number of anilines is 1. The SMILES string of the molecule is O=C(NCc1ccc(N2CCOCC2)cc1)c1cc[n+]([O-])cc1. The van der Waals surface area contributed by atoms with Crippen LogP contribution in [0.1, 0.15) is 15.9 Å². The van der Waals surface area contributed by atoms with E-state index in [0.717, 1.165) is 31.9 Å². The van der Waals surface area contributed by atoms with Gasteiger partial charge >= 0.3 is 0 Å². The fraction of sp³-hybridized carbons (Fsp3) is 0.294. The Morgan fingerprint density at radius 2 is 1.78 bits per heavy atom. The van der Waals surface area contributed by atoms with Crippen molar-refractivity contribution in [3.63, 3.8) is 0 Å². The molecule has 120 valence electrons. The molecule has 0 saturated carbocycles. The van der Waals surface area contributed by atoms with E-state index in [-0.39, 0.29) is 5.91 Å². The number of nitrogens with zero attached hydrogens (tertiary/aromatic N) is 2. The van der Waals surface area contributed by atoms with Crippen molar-refractivity contribution in [2.45, 2.75) is 6.54 Å². The molecule has 0 aliphatic carbocycles. The van der Waals surface area contributed by atoms with Crippen LogP contribution in [0, 0.1) is 5.21 Å². The lowest BCUT2D eigenvalue weighted by molar-refractivity contribution is -0.605. The van der Waals surface area contributed by atoms with Gasteiger partial charge in [-0.2, -0.15) is 4.73 Å². The third-order valence-electron chi connectivity index (χ3n) is 3.83. The van der Waals surface area contributed by atoms with Crippen LogP contribution in [0.15, 0.2) is 48.8 Å². The summed E-state index contributed by atoms with van der Waals surface area (Å²) in [5.41, 5.74) is 2.68. The lowest BCUT2D eigenvalue weighted by Gasteiger charge is -2.28. The maximum atomic E-state index is 12.0. The molecule has 1 amide bonds. The van der Waals surface area contributed by atoms with E-state index < -0.39 is 0 Å². The zero-order valence-electron chi connectivity index (χ0n) is 12.8. The Kier molecular flexibility index (Phi) is 4.73. The molecule has 0 unspecified atom stereocenters. The Morgan fingerprint density at radius 1 is 1.13 bits per heavy atom. The highest BCUT2D eigenvalue weighted by molar-refractivity contribution is 5.93. The number of ether oxygens (including phenoxy) is 1. The van der Waals surface area contributed by atoms with Crippen molar-refractivity contribution in [1.82, 2.24) is 5.32 Å². The number of rotatable bonds is 4. The summed E-state index contributed by atoms with van der Waals surface area (Å²) in [5.74, 6) is -0.192. The molecule has 0 atom stereocenters. The van der Waals surface area contributed by atoms with E-state index in [9.17, 15) is 10.0 Å². The van der Waals surface area contributed by atoms with Gasteiger partial charge in [-0.1, -0.05) is 12.1 Å². The number of hydrogen-bond acceptors (Lipinski definition) is 4. The van der Waals surface area contributed by atoms with Crippen LogP contribution in [0.25, 0.3) is 0 Å². The average molecular weight is 313 g/mol. The van der Waals surface area contributed by atoms with E-state index in [1.165, 1.54) is 30.2 Å². The molecule has 3 rings (SSSR count). The minimum absolute atomic E-state index is 0.192. The summed E-state index contributed by atoms with van der Waals surface area (Å²) in [6.07, 6.45) is 2.62. The monoisotopic (exact) mass is 313 g/mol. The number of carbonyl (C=O) groups is 1. The zero-order valence-corrected chi connectivity index (χ0v) is 12.8. The number of morpholine rings is 1. The molecule has 1 aliphatic heterocycles. The molecule has 0 radical (unpaired) electrons. The average Bonchev–Trinajstić information content (AvgIpc) is 2.61. The van der Waals surface area contributed by atoms with E-state index in [2.05, 4.69) is 22.3 Å². The number of nitrogens with one attached hydrogen (secondary N) is 1. The molecule has 6 nitrogen and oxygen atoms in total. The number of benzene rings is 1. The molecule has 23 heavy (non-hydrogen) atoms. The van der Waals surface area contributed by atoms with Crippen molar-refractivity contribution < 1.29 is 14.3 Å². The lowest BCUT2D eigenvalue weighted by Crippen LogP contribution is -2.36. The highest BCUT2D eigenvalue weighted by Crippen LogP contribution is 2.16. The van der Waals surface area contributed by atoms with Gasteiger partial charge < -0.3 is 20.2 Å². The van der Waals surface area contributed by atoms with Crippen molar-refractivity contribution in [2.75, 3.05) is 31.2 Å². The van der Waals surface area contributed by atoms with Gasteiger partial charge in [0.2, 0.25) is 0 Å². The van der Waals surface area contributed by atoms with Gasteiger partial charge in [0.25, 0.3) is 5.91 Å². The highest BCUT2D eigenvalue weighted by Gasteiger charge is 2.11. The highest BCUT2D eigenvalue weighted by atomic mass is 16.5. The Bertz CT molecular complexity index is 650. The first-order valence-corrected chi connectivity index (χ1v) is 7.61.